The van der Waals surface area contributed by atoms with Crippen molar-refractivity contribution in [2.45, 2.75) is 83.2 Å². The third-order valence-corrected chi connectivity index (χ3v) is 9.92. The summed E-state index contributed by atoms with van der Waals surface area (Å²) in [4.78, 5) is 21.2. The highest BCUT2D eigenvalue weighted by Crippen LogP contribution is 2.52. The molecule has 2 aliphatic heterocycles. The first-order valence-corrected chi connectivity index (χ1v) is 17.0. The molecule has 1 unspecified atom stereocenters. The Labute approximate surface area is 268 Å². The second-order valence-electron chi connectivity index (χ2n) is 12.0. The van der Waals surface area contributed by atoms with Crippen molar-refractivity contribution in [2.75, 3.05) is 25.5 Å². The number of anilines is 1. The van der Waals surface area contributed by atoms with Crippen molar-refractivity contribution in [3.8, 4) is 5.75 Å². The van der Waals surface area contributed by atoms with E-state index in [2.05, 4.69) is 26.9 Å². The summed E-state index contributed by atoms with van der Waals surface area (Å²) in [6, 6.07) is 11.1. The van der Waals surface area contributed by atoms with E-state index in [1.165, 1.54) is 6.33 Å². The van der Waals surface area contributed by atoms with Crippen LogP contribution in [-0.4, -0.2) is 77.2 Å². The lowest BCUT2D eigenvalue weighted by Gasteiger charge is -2.33. The van der Waals surface area contributed by atoms with Crippen LogP contribution in [0.4, 0.5) is 5.82 Å². The van der Waals surface area contributed by atoms with Crippen molar-refractivity contribution >= 4 is 31.8 Å². The second-order valence-corrected chi connectivity index (χ2v) is 13.7. The van der Waals surface area contributed by atoms with Gasteiger partial charge in [-0.15, -0.1) is 0 Å². The van der Waals surface area contributed by atoms with E-state index in [0.717, 1.165) is 12.8 Å². The van der Waals surface area contributed by atoms with Gasteiger partial charge < -0.3 is 29.2 Å². The number of aliphatic imine (C=N–C) groups is 1. The molecule has 0 spiro atoms. The number of ether oxygens (including phenoxy) is 4. The number of para-hydroxylation sites is 1. The molecular weight excluding hydrogens is 615 g/mol. The van der Waals surface area contributed by atoms with Crippen LogP contribution >= 0.6 is 7.75 Å². The van der Waals surface area contributed by atoms with Gasteiger partial charge in [-0.05, 0) is 57.7 Å². The maximum atomic E-state index is 14.3. The van der Waals surface area contributed by atoms with E-state index in [4.69, 9.17) is 33.7 Å². The lowest BCUT2D eigenvalue weighted by atomic mass is 9.91. The quantitative estimate of drug-likeness (QED) is 0.135. The molecule has 46 heavy (non-hydrogen) atoms. The summed E-state index contributed by atoms with van der Waals surface area (Å²) in [7, 11) is -4.20. The first-order valence-electron chi connectivity index (χ1n) is 15.4. The zero-order valence-corrected chi connectivity index (χ0v) is 27.7. The van der Waals surface area contributed by atoms with Gasteiger partial charge in [0.2, 0.25) is 0 Å². The maximum Gasteiger partial charge on any atom is 0.459 e. The lowest BCUT2D eigenvalue weighted by Crippen LogP contribution is -2.44. The summed E-state index contributed by atoms with van der Waals surface area (Å²) in [5.41, 5.74) is 6.06. The molecule has 14 nitrogen and oxygen atoms in total. The van der Waals surface area contributed by atoms with Gasteiger partial charge in [-0.1, -0.05) is 44.9 Å². The number of fused-ring (bicyclic) bond motifs is 2. The molecule has 3 aromatic rings. The zero-order valence-electron chi connectivity index (χ0n) is 26.8. The van der Waals surface area contributed by atoms with Gasteiger partial charge in [0.15, 0.2) is 17.2 Å². The number of benzene rings is 1. The predicted molar refractivity (Wildman–Crippen MR) is 170 cm³/mol. The average molecular weight is 659 g/mol. The van der Waals surface area contributed by atoms with E-state index >= 15 is 0 Å². The van der Waals surface area contributed by atoms with Crippen molar-refractivity contribution in [2.24, 2.45) is 10.9 Å². The molecule has 1 aromatic carbocycles. The number of esters is 1. The average Bonchev–Trinajstić information content (AvgIpc) is 3.68. The van der Waals surface area contributed by atoms with Gasteiger partial charge in [-0.3, -0.25) is 14.3 Å². The van der Waals surface area contributed by atoms with E-state index < -0.39 is 49.5 Å². The summed E-state index contributed by atoms with van der Waals surface area (Å²) in [6.07, 6.45) is 0.928. The predicted octanol–water partition coefficient (Wildman–Crippen LogP) is 4.29. The molecule has 0 saturated carbocycles. The Morgan fingerprint density at radius 2 is 1.91 bits per heavy atom. The number of nitrogens with two attached hydrogens (primary N) is 1. The van der Waals surface area contributed by atoms with Crippen molar-refractivity contribution in [1.82, 2.24) is 19.7 Å². The Morgan fingerprint density at radius 3 is 2.61 bits per heavy atom. The molecule has 15 heteroatoms. The summed E-state index contributed by atoms with van der Waals surface area (Å²) < 4.78 is 52.8. The molecule has 2 aromatic heterocycles. The molecule has 2 aliphatic rings. The van der Waals surface area contributed by atoms with Crippen LogP contribution in [0, 0.1) is 5.92 Å². The molecule has 5 rings (SSSR count). The third-order valence-electron chi connectivity index (χ3n) is 8.28. The largest absolute Gasteiger partial charge is 0.464 e. The Bertz CT molecular complexity index is 1570. The number of rotatable bonds is 15. The molecule has 0 aliphatic carbocycles. The normalized spacial score (nSPS) is 25.7. The molecule has 0 amide bonds. The Balaban J connectivity index is 1.42. The summed E-state index contributed by atoms with van der Waals surface area (Å²) in [5, 5.41) is 7.16. The smallest absolute Gasteiger partial charge is 0.459 e. The molecule has 250 valence electrons. The highest BCUT2D eigenvalue weighted by Gasteiger charge is 2.64. The third kappa shape index (κ3) is 6.97. The highest BCUT2D eigenvalue weighted by atomic mass is 31.2. The van der Waals surface area contributed by atoms with Crippen LogP contribution < -0.4 is 15.3 Å². The Hall–Kier alpha value is -3.39. The zero-order chi connectivity index (χ0) is 33.1. The van der Waals surface area contributed by atoms with Gasteiger partial charge in [0.1, 0.15) is 41.9 Å². The van der Waals surface area contributed by atoms with Gasteiger partial charge in [0.25, 0.3) is 0 Å². The molecule has 4 heterocycles. The number of aromatic nitrogens is 3. The van der Waals surface area contributed by atoms with Gasteiger partial charge in [0.05, 0.1) is 25.5 Å². The molecule has 6 atom stereocenters. The minimum absolute atomic E-state index is 0.0793. The van der Waals surface area contributed by atoms with Crippen molar-refractivity contribution < 1.29 is 37.4 Å². The lowest BCUT2D eigenvalue weighted by molar-refractivity contribution is -0.213. The van der Waals surface area contributed by atoms with Crippen LogP contribution in [0.15, 0.2) is 53.8 Å². The van der Waals surface area contributed by atoms with Crippen LogP contribution in [-0.2, 0) is 38.4 Å². The fourth-order valence-corrected chi connectivity index (χ4v) is 7.33. The molecular formula is C31H43N6O8P. The Morgan fingerprint density at radius 1 is 1.17 bits per heavy atom. The number of carbonyl (C=O) groups excluding carboxylic acids is 1. The molecule has 2 fully saturated rings. The Kier molecular flexibility index (Phi) is 10.2. The van der Waals surface area contributed by atoms with E-state index in [-0.39, 0.29) is 31.4 Å². The van der Waals surface area contributed by atoms with E-state index in [0.29, 0.717) is 17.0 Å². The van der Waals surface area contributed by atoms with Crippen LogP contribution in [0.1, 0.15) is 53.2 Å². The van der Waals surface area contributed by atoms with Gasteiger partial charge in [-0.2, -0.15) is 10.2 Å². The minimum atomic E-state index is -4.20. The summed E-state index contributed by atoms with van der Waals surface area (Å²) in [6.45, 7) is 13.0. The summed E-state index contributed by atoms with van der Waals surface area (Å²) in [5.74, 6) is -0.753. The van der Waals surface area contributed by atoms with E-state index in [1.807, 2.05) is 19.9 Å². The van der Waals surface area contributed by atoms with Crippen LogP contribution in [0.2, 0.25) is 0 Å². The highest BCUT2D eigenvalue weighted by molar-refractivity contribution is 7.52. The number of nitrogen functional groups attached to an aromatic ring is 1. The number of nitrogens with zero attached hydrogens (tertiary/aromatic N) is 4. The van der Waals surface area contributed by atoms with Crippen molar-refractivity contribution in [3.05, 3.63) is 54.5 Å². The second kappa shape index (κ2) is 13.8. The molecule has 0 radical (unpaired) electrons. The maximum absolute atomic E-state index is 14.3. The number of carbonyl (C=O) groups is 1. The van der Waals surface area contributed by atoms with E-state index in [1.54, 1.807) is 61.7 Å². The van der Waals surface area contributed by atoms with Gasteiger partial charge in [0, 0.05) is 0 Å². The first-order chi connectivity index (χ1) is 21.9. The SMILES string of the molecule is C=NC[C@@]1(c2ccc3c(N)ncnn23)O[C@H](COP(=O)(N[C@@H](C)C(=O)OCC(CC)CC)Oc2ccccc2)[C@H]2OC(C)(C)O[C@H]21. The summed E-state index contributed by atoms with van der Waals surface area (Å²) >= 11 is 0. The van der Waals surface area contributed by atoms with Crippen LogP contribution in [0.25, 0.3) is 5.52 Å². The van der Waals surface area contributed by atoms with Crippen molar-refractivity contribution in [3.63, 3.8) is 0 Å². The number of nitrogens with one attached hydrogen (secondary N) is 1. The molecule has 3 N–H and O–H groups in total. The van der Waals surface area contributed by atoms with Gasteiger partial charge in [-0.25, -0.2) is 14.1 Å². The van der Waals surface area contributed by atoms with Crippen molar-refractivity contribution in [1.29, 1.82) is 0 Å². The fourth-order valence-electron chi connectivity index (χ4n) is 5.83. The standard InChI is InChI=1S/C31H43N6O8P/c1-7-21(8-2)16-40-29(38)20(3)36-46(39,45-22-12-10-9-11-13-22)41-17-24-26-27(44-30(4,5)43-26)31(42-24,18-33-6)25-15-14-23-28(32)34-19-35-37(23)25/h9-15,19-21,24,26-27H,6-8,16-18H2,1-5H3,(H,36,39)(H2,32,34,35)/t20-,24+,26+,27+,31-,46?/m0/s1. The molecule has 2 saturated heterocycles. The van der Waals surface area contributed by atoms with E-state index in [9.17, 15) is 9.36 Å². The minimum Gasteiger partial charge on any atom is -0.464 e. The van der Waals surface area contributed by atoms with Gasteiger partial charge >= 0.3 is 13.7 Å². The number of hydrogen-bond donors (Lipinski definition) is 2. The topological polar surface area (TPSA) is 170 Å². The molecule has 0 bridgehead atoms. The monoisotopic (exact) mass is 658 g/mol. The fraction of sp³-hybridized carbons (Fsp3) is 0.548. The van der Waals surface area contributed by atoms with Crippen LogP contribution in [0.5, 0.6) is 5.75 Å². The first kappa shape index (κ1) is 34.0. The number of hydrogen-bond acceptors (Lipinski definition) is 12. The van der Waals surface area contributed by atoms with Crippen LogP contribution in [0.3, 0.4) is 0 Å².